The molecule has 0 unspecified atom stereocenters. The van der Waals surface area contributed by atoms with Crippen molar-refractivity contribution in [2.75, 3.05) is 38.1 Å². The molecule has 0 spiro atoms. The summed E-state index contributed by atoms with van der Waals surface area (Å²) in [5, 5.41) is 2.15. The number of benzene rings is 1. The van der Waals surface area contributed by atoms with Crippen LogP contribution in [-0.4, -0.2) is 38.1 Å². The van der Waals surface area contributed by atoms with Gasteiger partial charge in [0.05, 0.1) is 0 Å². The second kappa shape index (κ2) is 5.35. The van der Waals surface area contributed by atoms with Gasteiger partial charge in [-0.05, 0) is 49.2 Å². The first kappa shape index (κ1) is 12.7. The van der Waals surface area contributed by atoms with Gasteiger partial charge in [0.1, 0.15) is 0 Å². The van der Waals surface area contributed by atoms with E-state index in [9.17, 15) is 0 Å². The minimum atomic E-state index is 1.11. The summed E-state index contributed by atoms with van der Waals surface area (Å²) in [6.07, 6.45) is 0. The SMILES string of the molecule is Cc1ccsc1-c1[c]ccc(N2CCN(C)CC2)c1. The lowest BCUT2D eigenvalue weighted by Gasteiger charge is -2.34. The lowest BCUT2D eigenvalue weighted by Crippen LogP contribution is -2.44. The van der Waals surface area contributed by atoms with Crippen molar-refractivity contribution in [3.05, 3.63) is 41.3 Å². The van der Waals surface area contributed by atoms with Gasteiger partial charge in [-0.15, -0.1) is 11.3 Å². The third kappa shape index (κ3) is 2.67. The second-order valence-corrected chi connectivity index (χ2v) is 6.10. The van der Waals surface area contributed by atoms with E-state index < -0.39 is 0 Å². The number of hydrogen-bond acceptors (Lipinski definition) is 3. The first-order valence-corrected chi connectivity index (χ1v) is 7.62. The van der Waals surface area contributed by atoms with Crippen molar-refractivity contribution in [1.29, 1.82) is 0 Å². The summed E-state index contributed by atoms with van der Waals surface area (Å²) >= 11 is 1.80. The number of aryl methyl sites for hydroxylation is 1. The van der Waals surface area contributed by atoms with Crippen molar-refractivity contribution in [1.82, 2.24) is 4.90 Å². The van der Waals surface area contributed by atoms with E-state index in [1.165, 1.54) is 21.7 Å². The van der Waals surface area contributed by atoms with Crippen molar-refractivity contribution in [3.63, 3.8) is 0 Å². The van der Waals surface area contributed by atoms with Gasteiger partial charge in [0.2, 0.25) is 0 Å². The van der Waals surface area contributed by atoms with Crippen LogP contribution >= 0.6 is 11.3 Å². The predicted octanol–water partition coefficient (Wildman–Crippen LogP) is 3.28. The number of piperazine rings is 1. The van der Waals surface area contributed by atoms with Gasteiger partial charge in [-0.2, -0.15) is 0 Å². The fraction of sp³-hybridized carbons (Fsp3) is 0.375. The lowest BCUT2D eigenvalue weighted by atomic mass is 10.1. The maximum absolute atomic E-state index is 3.37. The summed E-state index contributed by atoms with van der Waals surface area (Å²) in [6, 6.07) is 12.1. The van der Waals surface area contributed by atoms with E-state index in [-0.39, 0.29) is 0 Å². The highest BCUT2D eigenvalue weighted by Crippen LogP contribution is 2.31. The fourth-order valence-corrected chi connectivity index (χ4v) is 3.40. The molecule has 99 valence electrons. The zero-order valence-electron chi connectivity index (χ0n) is 11.5. The Bertz CT molecular complexity index is 553. The molecule has 1 saturated heterocycles. The molecule has 0 amide bonds. The van der Waals surface area contributed by atoms with Crippen LogP contribution < -0.4 is 4.90 Å². The summed E-state index contributed by atoms with van der Waals surface area (Å²) in [4.78, 5) is 6.20. The minimum absolute atomic E-state index is 1.11. The van der Waals surface area contributed by atoms with Gasteiger partial charge < -0.3 is 9.80 Å². The molecule has 2 nitrogen and oxygen atoms in total. The second-order valence-electron chi connectivity index (χ2n) is 5.18. The van der Waals surface area contributed by atoms with Gasteiger partial charge in [-0.25, -0.2) is 0 Å². The number of anilines is 1. The van der Waals surface area contributed by atoms with E-state index in [0.29, 0.717) is 0 Å². The van der Waals surface area contributed by atoms with Gasteiger partial charge in [0.25, 0.3) is 0 Å². The molecule has 1 aliphatic heterocycles. The van der Waals surface area contributed by atoms with Gasteiger partial charge in [-0.3, -0.25) is 0 Å². The van der Waals surface area contributed by atoms with E-state index >= 15 is 0 Å². The Labute approximate surface area is 119 Å². The lowest BCUT2D eigenvalue weighted by molar-refractivity contribution is 0.313. The van der Waals surface area contributed by atoms with E-state index in [4.69, 9.17) is 0 Å². The molecule has 2 aromatic rings. The molecular weight excluding hydrogens is 252 g/mol. The van der Waals surface area contributed by atoms with Crippen LogP contribution in [0.1, 0.15) is 5.56 Å². The zero-order valence-corrected chi connectivity index (χ0v) is 12.3. The molecule has 0 atom stereocenters. The molecule has 1 radical (unpaired) electrons. The number of likely N-dealkylation sites (N-methyl/N-ethyl adjacent to an activating group) is 1. The predicted molar refractivity (Wildman–Crippen MR) is 83.0 cm³/mol. The molecular formula is C16H19N2S. The highest BCUT2D eigenvalue weighted by Gasteiger charge is 2.15. The maximum Gasteiger partial charge on any atom is 0.0378 e. The van der Waals surface area contributed by atoms with Crippen LogP contribution in [0.25, 0.3) is 10.4 Å². The Kier molecular flexibility index (Phi) is 3.58. The third-order valence-electron chi connectivity index (χ3n) is 3.76. The average Bonchev–Trinajstić information content (AvgIpc) is 2.86. The van der Waals surface area contributed by atoms with E-state index in [1.54, 1.807) is 11.3 Å². The van der Waals surface area contributed by atoms with Crippen molar-refractivity contribution in [2.24, 2.45) is 0 Å². The number of thiophene rings is 1. The summed E-state index contributed by atoms with van der Waals surface area (Å²) in [6.45, 7) is 6.69. The Morgan fingerprint density at radius 3 is 2.63 bits per heavy atom. The molecule has 3 rings (SSSR count). The maximum atomic E-state index is 3.37. The Morgan fingerprint density at radius 2 is 1.95 bits per heavy atom. The molecule has 2 heterocycles. The van der Waals surface area contributed by atoms with Crippen molar-refractivity contribution in [3.8, 4) is 10.4 Å². The Balaban J connectivity index is 1.86. The van der Waals surface area contributed by atoms with E-state index in [1.807, 2.05) is 0 Å². The van der Waals surface area contributed by atoms with E-state index in [2.05, 4.69) is 59.5 Å². The summed E-state index contributed by atoms with van der Waals surface area (Å²) in [5.41, 5.74) is 3.90. The first-order valence-electron chi connectivity index (χ1n) is 6.74. The summed E-state index contributed by atoms with van der Waals surface area (Å²) < 4.78 is 0. The molecule has 0 bridgehead atoms. The van der Waals surface area contributed by atoms with Crippen LogP contribution in [0.15, 0.2) is 29.6 Å². The Morgan fingerprint density at radius 1 is 1.16 bits per heavy atom. The van der Waals surface area contributed by atoms with Crippen LogP contribution in [0.3, 0.4) is 0 Å². The fourth-order valence-electron chi connectivity index (χ4n) is 2.50. The standard InChI is InChI=1S/C16H19N2S/c1-13-6-11-19-16(13)14-4-3-5-15(12-14)18-9-7-17(2)8-10-18/h3,5-6,11-12H,7-10H2,1-2H3. The number of hydrogen-bond donors (Lipinski definition) is 0. The molecule has 0 N–H and O–H groups in total. The van der Waals surface area contributed by atoms with Gasteiger partial charge >= 0.3 is 0 Å². The van der Waals surface area contributed by atoms with Gasteiger partial charge in [0.15, 0.2) is 0 Å². The molecule has 0 saturated carbocycles. The molecule has 1 aromatic heterocycles. The van der Waals surface area contributed by atoms with Crippen LogP contribution in [-0.2, 0) is 0 Å². The smallest absolute Gasteiger partial charge is 0.0378 e. The van der Waals surface area contributed by atoms with Crippen LogP contribution in [0.4, 0.5) is 5.69 Å². The zero-order chi connectivity index (χ0) is 13.2. The number of nitrogens with zero attached hydrogens (tertiary/aromatic N) is 2. The average molecular weight is 271 g/mol. The molecule has 3 heteroatoms. The molecule has 1 fully saturated rings. The number of rotatable bonds is 2. The van der Waals surface area contributed by atoms with Crippen molar-refractivity contribution >= 4 is 17.0 Å². The van der Waals surface area contributed by atoms with Crippen LogP contribution in [0.2, 0.25) is 0 Å². The largest absolute Gasteiger partial charge is 0.369 e. The minimum Gasteiger partial charge on any atom is -0.369 e. The van der Waals surface area contributed by atoms with Gasteiger partial charge in [-0.1, -0.05) is 6.07 Å². The Hall–Kier alpha value is -1.32. The summed E-state index contributed by atoms with van der Waals surface area (Å²) in [5.74, 6) is 0. The topological polar surface area (TPSA) is 6.48 Å². The highest BCUT2D eigenvalue weighted by molar-refractivity contribution is 7.13. The van der Waals surface area contributed by atoms with Crippen molar-refractivity contribution in [2.45, 2.75) is 6.92 Å². The molecule has 1 aliphatic rings. The molecule has 19 heavy (non-hydrogen) atoms. The third-order valence-corrected chi connectivity index (χ3v) is 4.81. The van der Waals surface area contributed by atoms with Crippen LogP contribution in [0, 0.1) is 13.0 Å². The van der Waals surface area contributed by atoms with Crippen molar-refractivity contribution < 1.29 is 0 Å². The monoisotopic (exact) mass is 271 g/mol. The summed E-state index contributed by atoms with van der Waals surface area (Å²) in [7, 11) is 2.19. The molecule has 0 aliphatic carbocycles. The quantitative estimate of drug-likeness (QED) is 0.827. The van der Waals surface area contributed by atoms with Gasteiger partial charge in [0, 0.05) is 42.3 Å². The van der Waals surface area contributed by atoms with Crippen LogP contribution in [0.5, 0.6) is 0 Å². The molecule has 1 aromatic carbocycles. The first-order chi connectivity index (χ1) is 9.24. The van der Waals surface area contributed by atoms with E-state index in [0.717, 1.165) is 26.2 Å². The normalized spacial score (nSPS) is 16.8. The highest BCUT2D eigenvalue weighted by atomic mass is 32.1.